The van der Waals surface area contributed by atoms with Gasteiger partial charge in [-0.25, -0.2) is 0 Å². The maximum Gasteiger partial charge on any atom is 0.295 e. The van der Waals surface area contributed by atoms with Gasteiger partial charge in [-0.2, -0.15) is 48.7 Å². The van der Waals surface area contributed by atoms with E-state index in [-0.39, 0.29) is 137 Å². The van der Waals surface area contributed by atoms with Crippen LogP contribution in [0.3, 0.4) is 0 Å². The molecule has 1 heterocycles. The fourth-order valence-electron chi connectivity index (χ4n) is 9.60. The van der Waals surface area contributed by atoms with Gasteiger partial charge < -0.3 is 34.3 Å². The molecule has 0 spiro atoms. The number of phenolic OH excluding ortho intramolecular Hbond substituents is 1. The SMILES string of the molecule is CCCCOc1cc(S(=O)(=O)O)c2cc(N=Nc3ccc(N=Nc4cc(OC)c(N=Nc5cc(OC)c(N=Nc6ccc7cc(-n8nc9ccc%10c(S(=O)(=O)O)cc(S(=O)(=O)O)cc%10c9n8)ccc7c6O)cc5CO)cc4CO)c(OCCCCS(=O)(=O)O)c3)ccc2c1. The number of nitrogens with zero attached hydrogens (tertiary/aromatic N) is 11. The average molecular weight is 1360 g/mol. The lowest BCUT2D eigenvalue weighted by molar-refractivity contribution is 0.282. The van der Waals surface area contributed by atoms with Crippen molar-refractivity contribution in [2.45, 2.75) is 60.5 Å². The predicted molar refractivity (Wildman–Crippen MR) is 341 cm³/mol. The van der Waals surface area contributed by atoms with Crippen LogP contribution >= 0.6 is 0 Å². The number of hydrogen-bond acceptors (Lipinski definition) is 25. The number of aromatic nitrogens is 3. The molecule has 0 amide bonds. The zero-order valence-electron chi connectivity index (χ0n) is 49.6. The van der Waals surface area contributed by atoms with E-state index >= 15 is 0 Å². The van der Waals surface area contributed by atoms with Crippen LogP contribution in [-0.4, -0.2) is 115 Å². The highest BCUT2D eigenvalue weighted by molar-refractivity contribution is 7.87. The molecule has 7 N–H and O–H groups in total. The highest BCUT2D eigenvalue weighted by Gasteiger charge is 2.24. The van der Waals surface area contributed by atoms with Gasteiger partial charge >= 0.3 is 0 Å². The number of fused-ring (bicyclic) bond motifs is 5. The van der Waals surface area contributed by atoms with E-state index in [1.165, 1.54) is 91.8 Å². The minimum absolute atomic E-state index is 0.0295. The van der Waals surface area contributed by atoms with E-state index in [1.54, 1.807) is 42.5 Å². The molecule has 0 atom stereocenters. The van der Waals surface area contributed by atoms with E-state index in [9.17, 15) is 67.2 Å². The van der Waals surface area contributed by atoms with Crippen LogP contribution < -0.4 is 18.9 Å². The summed E-state index contributed by atoms with van der Waals surface area (Å²) in [6.45, 7) is 1.18. The quantitative estimate of drug-likeness (QED) is 0.0150. The standard InChI is InChI=1S/C60H55N11O19S4/c1-4-5-18-89-41-22-35-8-10-38(25-45(35)57(27-41)93(81,82)83)61-62-39-11-16-47(56(26-39)90-19-6-7-20-91(75,76)77)63-65-50-30-55(88-3)53(24-36(50)32-72)68-66-51-31-54(87-2)52(23-37(51)33-73)67-64-49-15-9-34-21-40(12-13-43(34)60(49)74)71-69-48-17-14-44-46(59(48)70-71)28-42(92(78,79)80)29-58(44)94(84,85)86/h8-17,21-31,72-74H,4-7,18-20,32-33H2,1-3H3,(H,75,76,77)(H,78,79,80)(H,81,82,83)(H,84,85,86). The second-order valence-electron chi connectivity index (χ2n) is 20.6. The third-order valence-corrected chi connectivity index (χ3v) is 17.7. The summed E-state index contributed by atoms with van der Waals surface area (Å²) < 4.78 is 158. The topological polar surface area (TPSA) is 445 Å². The Morgan fingerprint density at radius 2 is 1.03 bits per heavy atom. The van der Waals surface area contributed by atoms with E-state index in [0.717, 1.165) is 18.9 Å². The molecule has 0 saturated heterocycles. The Morgan fingerprint density at radius 3 is 1.65 bits per heavy atom. The van der Waals surface area contributed by atoms with Crippen LogP contribution in [0.2, 0.25) is 0 Å². The predicted octanol–water partition coefficient (Wildman–Crippen LogP) is 13.2. The van der Waals surface area contributed by atoms with Gasteiger partial charge in [-0.3, -0.25) is 18.2 Å². The second-order valence-corrected chi connectivity index (χ2v) is 26.4. The van der Waals surface area contributed by atoms with Crippen LogP contribution in [0.4, 0.5) is 45.5 Å². The molecular formula is C60H55N11O19S4. The first-order valence-corrected chi connectivity index (χ1v) is 33.9. The number of aliphatic hydroxyl groups is 2. The Labute approximate surface area is 535 Å². The first kappa shape index (κ1) is 67.0. The van der Waals surface area contributed by atoms with Crippen molar-refractivity contribution in [1.29, 1.82) is 0 Å². The number of methoxy groups -OCH3 is 2. The monoisotopic (exact) mass is 1360 g/mol. The zero-order chi connectivity index (χ0) is 67.3. The number of unbranched alkanes of at least 4 members (excludes halogenated alkanes) is 2. The Bertz CT molecular complexity index is 5240. The molecule has 10 aromatic rings. The molecule has 94 heavy (non-hydrogen) atoms. The average Bonchev–Trinajstić information content (AvgIpc) is 1.41. The van der Waals surface area contributed by atoms with E-state index in [1.807, 2.05) is 6.92 Å². The second kappa shape index (κ2) is 27.8. The first-order valence-electron chi connectivity index (χ1n) is 28.0. The van der Waals surface area contributed by atoms with Gasteiger partial charge in [-0.15, -0.1) is 40.9 Å². The van der Waals surface area contributed by atoms with Gasteiger partial charge in [-0.05, 0) is 115 Å². The van der Waals surface area contributed by atoms with Gasteiger partial charge in [0.2, 0.25) is 0 Å². The van der Waals surface area contributed by atoms with Crippen molar-refractivity contribution in [2.24, 2.45) is 40.9 Å². The van der Waals surface area contributed by atoms with Crippen molar-refractivity contribution in [2.75, 3.05) is 33.2 Å². The number of ether oxygens (including phenoxy) is 4. The molecule has 0 unspecified atom stereocenters. The smallest absolute Gasteiger partial charge is 0.295 e. The number of rotatable bonds is 26. The minimum Gasteiger partial charge on any atom is -0.505 e. The van der Waals surface area contributed by atoms with Gasteiger partial charge in [-0.1, -0.05) is 31.5 Å². The van der Waals surface area contributed by atoms with Crippen molar-refractivity contribution < 1.29 is 86.1 Å². The minimum atomic E-state index is -4.96. The molecule has 0 aliphatic heterocycles. The highest BCUT2D eigenvalue weighted by Crippen LogP contribution is 2.44. The Morgan fingerprint density at radius 1 is 0.468 bits per heavy atom. The summed E-state index contributed by atoms with van der Waals surface area (Å²) in [5, 5.41) is 77.4. The third kappa shape index (κ3) is 15.4. The highest BCUT2D eigenvalue weighted by atomic mass is 32.2. The molecule has 0 saturated carbocycles. The normalized spacial score (nSPS) is 12.7. The first-order chi connectivity index (χ1) is 44.7. The zero-order valence-corrected chi connectivity index (χ0v) is 52.8. The Kier molecular flexibility index (Phi) is 19.8. The van der Waals surface area contributed by atoms with Crippen molar-refractivity contribution in [3.63, 3.8) is 0 Å². The summed E-state index contributed by atoms with van der Waals surface area (Å²) in [5.74, 6) is -0.112. The van der Waals surface area contributed by atoms with E-state index in [2.05, 4.69) is 51.1 Å². The molecule has 34 heteroatoms. The summed E-state index contributed by atoms with van der Waals surface area (Å²) in [5.41, 5.74) is 2.23. The molecule has 0 bridgehead atoms. The summed E-state index contributed by atoms with van der Waals surface area (Å²) in [4.78, 5) is -0.743. The molecular weight excluding hydrogens is 1310 g/mol. The van der Waals surface area contributed by atoms with Crippen LogP contribution in [0, 0.1) is 0 Å². The maximum absolute atomic E-state index is 12.5. The Hall–Kier alpha value is -9.88. The molecule has 30 nitrogen and oxygen atoms in total. The number of azo groups is 4. The maximum atomic E-state index is 12.5. The molecule has 10 rings (SSSR count). The molecule has 0 aliphatic rings. The van der Waals surface area contributed by atoms with Gasteiger partial charge in [0.1, 0.15) is 66.6 Å². The number of aliphatic hydroxyl groups excluding tert-OH is 2. The van der Waals surface area contributed by atoms with Crippen LogP contribution in [-0.2, 0) is 53.7 Å². The van der Waals surface area contributed by atoms with Crippen LogP contribution in [0.1, 0.15) is 43.7 Å². The summed E-state index contributed by atoms with van der Waals surface area (Å²) in [6.07, 6.45) is 1.87. The largest absolute Gasteiger partial charge is 0.505 e. The molecule has 1 aromatic heterocycles. The summed E-state index contributed by atoms with van der Waals surface area (Å²) in [6, 6.07) is 30.1. The van der Waals surface area contributed by atoms with E-state index in [0.29, 0.717) is 34.5 Å². The van der Waals surface area contributed by atoms with Crippen molar-refractivity contribution in [1.82, 2.24) is 15.0 Å². The lowest BCUT2D eigenvalue weighted by Crippen LogP contribution is -2.06. The fourth-order valence-corrected chi connectivity index (χ4v) is 12.2. The third-order valence-electron chi connectivity index (χ3n) is 14.3. The summed E-state index contributed by atoms with van der Waals surface area (Å²) >= 11 is 0. The fraction of sp³-hybridized carbons (Fsp3) is 0.200. The van der Waals surface area contributed by atoms with Crippen LogP contribution in [0.25, 0.3) is 49.0 Å². The lowest BCUT2D eigenvalue weighted by atomic mass is 10.1. The number of hydrogen-bond donors (Lipinski definition) is 7. The van der Waals surface area contributed by atoms with Gasteiger partial charge in [0.25, 0.3) is 40.5 Å². The number of phenols is 1. The molecule has 0 radical (unpaired) electrons. The van der Waals surface area contributed by atoms with E-state index in [4.69, 9.17) is 18.9 Å². The summed E-state index contributed by atoms with van der Waals surface area (Å²) in [7, 11) is -16.1. The molecule has 0 aliphatic carbocycles. The molecule has 9 aromatic carbocycles. The van der Waals surface area contributed by atoms with Crippen molar-refractivity contribution in [3.8, 4) is 34.4 Å². The van der Waals surface area contributed by atoms with Crippen molar-refractivity contribution in [3.05, 3.63) is 139 Å². The van der Waals surface area contributed by atoms with Crippen LogP contribution in [0.15, 0.2) is 183 Å². The lowest BCUT2D eigenvalue weighted by Gasteiger charge is -2.11. The van der Waals surface area contributed by atoms with Crippen molar-refractivity contribution >= 4 is 129 Å². The number of benzene rings is 9. The van der Waals surface area contributed by atoms with Gasteiger partial charge in [0.05, 0.1) is 79.7 Å². The van der Waals surface area contributed by atoms with Gasteiger partial charge in [0, 0.05) is 56.9 Å². The number of aromatic hydroxyl groups is 1. The molecule has 488 valence electrons. The van der Waals surface area contributed by atoms with E-state index < -0.39 is 69.2 Å². The van der Waals surface area contributed by atoms with Crippen LogP contribution in [0.5, 0.6) is 28.7 Å². The van der Waals surface area contributed by atoms with Gasteiger partial charge in [0.15, 0.2) is 5.75 Å². The molecule has 0 fully saturated rings. The Balaban J connectivity index is 0.879.